The van der Waals surface area contributed by atoms with Gasteiger partial charge in [-0.1, -0.05) is 56.7 Å². The van der Waals surface area contributed by atoms with E-state index in [0.29, 0.717) is 12.0 Å². The van der Waals surface area contributed by atoms with Crippen LogP contribution < -0.4 is 0 Å². The van der Waals surface area contributed by atoms with Crippen molar-refractivity contribution in [2.24, 2.45) is 5.92 Å². The predicted molar refractivity (Wildman–Crippen MR) is 115 cm³/mol. The van der Waals surface area contributed by atoms with Crippen molar-refractivity contribution in [2.75, 3.05) is 26.7 Å². The van der Waals surface area contributed by atoms with Gasteiger partial charge in [-0.25, -0.2) is 0 Å². The summed E-state index contributed by atoms with van der Waals surface area (Å²) < 4.78 is 0. The lowest BCUT2D eigenvalue weighted by Gasteiger charge is -2.52. The number of allylic oxidation sites excluding steroid dienone is 1. The molecule has 146 valence electrons. The third-order valence-electron chi connectivity index (χ3n) is 6.28. The van der Waals surface area contributed by atoms with E-state index in [9.17, 15) is 0 Å². The largest absolute Gasteiger partial charge is 0.303 e. The smallest absolute Gasteiger partial charge is 0.0467 e. The SMILES string of the molecule is CC=CCN(CCC)C1(c2ccc(Cl)cc2)CCC(N(C)CC)C(C)C1. The van der Waals surface area contributed by atoms with Gasteiger partial charge in [0.15, 0.2) is 0 Å². The van der Waals surface area contributed by atoms with Crippen molar-refractivity contribution < 1.29 is 0 Å². The first-order valence-electron chi connectivity index (χ1n) is 10.3. The normalized spacial score (nSPS) is 26.9. The van der Waals surface area contributed by atoms with Gasteiger partial charge in [0.05, 0.1) is 0 Å². The molecule has 0 N–H and O–H groups in total. The maximum absolute atomic E-state index is 6.20. The highest BCUT2D eigenvalue weighted by atomic mass is 35.5. The molecule has 3 unspecified atom stereocenters. The van der Waals surface area contributed by atoms with Crippen LogP contribution in [0.1, 0.15) is 58.9 Å². The molecule has 1 aliphatic carbocycles. The highest BCUT2D eigenvalue weighted by Crippen LogP contribution is 2.46. The first-order valence-corrected chi connectivity index (χ1v) is 10.7. The van der Waals surface area contributed by atoms with E-state index in [4.69, 9.17) is 11.6 Å². The van der Waals surface area contributed by atoms with Gasteiger partial charge in [-0.15, -0.1) is 0 Å². The Labute approximate surface area is 166 Å². The Hall–Kier alpha value is -0.830. The van der Waals surface area contributed by atoms with Crippen LogP contribution in [0.2, 0.25) is 5.02 Å². The summed E-state index contributed by atoms with van der Waals surface area (Å²) in [5.41, 5.74) is 1.55. The number of nitrogens with zero attached hydrogens (tertiary/aromatic N) is 2. The Bertz CT molecular complexity index is 568. The van der Waals surface area contributed by atoms with E-state index in [1.807, 2.05) is 0 Å². The van der Waals surface area contributed by atoms with Crippen molar-refractivity contribution in [3.05, 3.63) is 47.0 Å². The Morgan fingerprint density at radius 1 is 1.23 bits per heavy atom. The summed E-state index contributed by atoms with van der Waals surface area (Å²) in [4.78, 5) is 5.25. The lowest BCUT2D eigenvalue weighted by molar-refractivity contribution is 0.00116. The number of halogens is 1. The average molecular weight is 377 g/mol. The molecule has 0 aliphatic heterocycles. The van der Waals surface area contributed by atoms with Gasteiger partial charge in [0.1, 0.15) is 0 Å². The molecule has 2 nitrogen and oxygen atoms in total. The van der Waals surface area contributed by atoms with Gasteiger partial charge in [0, 0.05) is 23.1 Å². The van der Waals surface area contributed by atoms with Crippen molar-refractivity contribution in [1.82, 2.24) is 9.80 Å². The Morgan fingerprint density at radius 2 is 1.92 bits per heavy atom. The molecule has 0 aromatic heterocycles. The minimum absolute atomic E-state index is 0.116. The van der Waals surface area contributed by atoms with Crippen LogP contribution >= 0.6 is 11.6 Å². The topological polar surface area (TPSA) is 6.48 Å². The van der Waals surface area contributed by atoms with E-state index in [2.05, 4.69) is 81.0 Å². The molecule has 3 heteroatoms. The second kappa shape index (κ2) is 9.92. The molecule has 2 rings (SSSR count). The van der Waals surface area contributed by atoms with E-state index >= 15 is 0 Å². The molecule has 1 saturated carbocycles. The predicted octanol–water partition coefficient (Wildman–Crippen LogP) is 5.96. The molecule has 0 heterocycles. The molecule has 0 spiro atoms. The molecule has 1 aromatic rings. The van der Waals surface area contributed by atoms with E-state index in [1.165, 1.54) is 31.2 Å². The van der Waals surface area contributed by atoms with Crippen LogP contribution in [0, 0.1) is 5.92 Å². The van der Waals surface area contributed by atoms with E-state index < -0.39 is 0 Å². The van der Waals surface area contributed by atoms with Crippen molar-refractivity contribution in [3.8, 4) is 0 Å². The van der Waals surface area contributed by atoms with Crippen LogP contribution in [0.25, 0.3) is 0 Å². The van der Waals surface area contributed by atoms with Crippen LogP contribution in [0.3, 0.4) is 0 Å². The number of rotatable bonds is 8. The Balaban J connectivity index is 2.40. The standard InChI is InChI=1S/C23H37ClN2/c1-6-9-17-26(16-7-2)23(20-10-12-21(24)13-11-20)15-14-22(19(4)18-23)25(5)8-3/h6,9-13,19,22H,7-8,14-18H2,1-5H3. The molecule has 0 saturated heterocycles. The third-order valence-corrected chi connectivity index (χ3v) is 6.53. The maximum atomic E-state index is 6.20. The molecule has 1 aromatic carbocycles. The maximum Gasteiger partial charge on any atom is 0.0467 e. The fourth-order valence-corrected chi connectivity index (χ4v) is 4.93. The summed E-state index contributed by atoms with van der Waals surface area (Å²) in [6.07, 6.45) is 9.34. The van der Waals surface area contributed by atoms with Gasteiger partial charge in [-0.2, -0.15) is 0 Å². The summed E-state index contributed by atoms with van der Waals surface area (Å²) in [6.45, 7) is 12.4. The highest BCUT2D eigenvalue weighted by molar-refractivity contribution is 6.30. The fourth-order valence-electron chi connectivity index (χ4n) is 4.81. The first kappa shape index (κ1) is 21.5. The summed E-state index contributed by atoms with van der Waals surface area (Å²) in [5.74, 6) is 0.675. The molecule has 0 bridgehead atoms. The number of hydrogen-bond acceptors (Lipinski definition) is 2. The average Bonchev–Trinajstić information content (AvgIpc) is 2.65. The van der Waals surface area contributed by atoms with Gasteiger partial charge in [0.2, 0.25) is 0 Å². The van der Waals surface area contributed by atoms with Gasteiger partial charge in [0.25, 0.3) is 0 Å². The van der Waals surface area contributed by atoms with Crippen LogP contribution in [-0.2, 0) is 5.54 Å². The fraction of sp³-hybridized carbons (Fsp3) is 0.652. The van der Waals surface area contributed by atoms with Gasteiger partial charge < -0.3 is 4.90 Å². The quantitative estimate of drug-likeness (QED) is 0.516. The van der Waals surface area contributed by atoms with Gasteiger partial charge in [-0.3, -0.25) is 4.90 Å². The molecular formula is C23H37ClN2. The lowest BCUT2D eigenvalue weighted by atomic mass is 9.68. The van der Waals surface area contributed by atoms with Crippen LogP contribution in [-0.4, -0.2) is 42.5 Å². The van der Waals surface area contributed by atoms with Crippen molar-refractivity contribution in [2.45, 2.75) is 65.0 Å². The van der Waals surface area contributed by atoms with E-state index in [0.717, 1.165) is 24.7 Å². The van der Waals surface area contributed by atoms with Crippen molar-refractivity contribution in [3.63, 3.8) is 0 Å². The number of benzene rings is 1. The Morgan fingerprint density at radius 3 is 2.46 bits per heavy atom. The highest BCUT2D eigenvalue weighted by Gasteiger charge is 2.44. The second-order valence-electron chi connectivity index (χ2n) is 7.91. The summed E-state index contributed by atoms with van der Waals surface area (Å²) >= 11 is 6.20. The lowest BCUT2D eigenvalue weighted by Crippen LogP contribution is -2.54. The zero-order valence-corrected chi connectivity index (χ0v) is 18.1. The van der Waals surface area contributed by atoms with Crippen molar-refractivity contribution in [1.29, 1.82) is 0 Å². The molecule has 3 atom stereocenters. The summed E-state index contributed by atoms with van der Waals surface area (Å²) in [5, 5.41) is 0.826. The van der Waals surface area contributed by atoms with Crippen LogP contribution in [0.4, 0.5) is 0 Å². The summed E-state index contributed by atoms with van der Waals surface area (Å²) in [6, 6.07) is 9.33. The van der Waals surface area contributed by atoms with Crippen molar-refractivity contribution >= 4 is 11.6 Å². The number of hydrogen-bond donors (Lipinski definition) is 0. The van der Waals surface area contributed by atoms with Gasteiger partial charge in [-0.05, 0) is 76.4 Å². The Kier molecular flexibility index (Phi) is 8.19. The molecule has 1 aliphatic rings. The van der Waals surface area contributed by atoms with Crippen LogP contribution in [0.5, 0.6) is 0 Å². The minimum Gasteiger partial charge on any atom is -0.303 e. The van der Waals surface area contributed by atoms with Gasteiger partial charge >= 0.3 is 0 Å². The van der Waals surface area contributed by atoms with Crippen LogP contribution in [0.15, 0.2) is 36.4 Å². The molecule has 0 amide bonds. The molecule has 26 heavy (non-hydrogen) atoms. The second-order valence-corrected chi connectivity index (χ2v) is 8.35. The van der Waals surface area contributed by atoms with E-state index in [-0.39, 0.29) is 5.54 Å². The zero-order valence-electron chi connectivity index (χ0n) is 17.3. The summed E-state index contributed by atoms with van der Waals surface area (Å²) in [7, 11) is 2.28. The minimum atomic E-state index is 0.116. The zero-order chi connectivity index (χ0) is 19.2. The monoisotopic (exact) mass is 376 g/mol. The molecule has 0 radical (unpaired) electrons. The molecule has 1 fully saturated rings. The van der Waals surface area contributed by atoms with E-state index in [1.54, 1.807) is 0 Å². The molecular weight excluding hydrogens is 340 g/mol. The first-order chi connectivity index (χ1) is 12.5. The third kappa shape index (κ3) is 4.71.